The Morgan fingerprint density at radius 2 is 2.33 bits per heavy atom. The summed E-state index contributed by atoms with van der Waals surface area (Å²) in [7, 11) is 3.21. The minimum atomic E-state index is -0.330. The molecule has 4 atom stereocenters. The van der Waals surface area contributed by atoms with Gasteiger partial charge in [-0.15, -0.1) is 0 Å². The summed E-state index contributed by atoms with van der Waals surface area (Å²) in [4.78, 5) is 15.0. The van der Waals surface area contributed by atoms with E-state index in [9.17, 15) is 4.79 Å². The molecular formula is C11H14N2O5. The first-order chi connectivity index (χ1) is 8.74. The summed E-state index contributed by atoms with van der Waals surface area (Å²) in [5.41, 5.74) is -0.330. The molecule has 1 saturated heterocycles. The van der Waals surface area contributed by atoms with Crippen LogP contribution in [0.4, 0.5) is 0 Å². The summed E-state index contributed by atoms with van der Waals surface area (Å²) in [5, 5.41) is 0. The number of aromatic nitrogens is 2. The predicted molar refractivity (Wildman–Crippen MR) is 59.5 cm³/mol. The molecule has 7 nitrogen and oxygen atoms in total. The molecule has 3 heterocycles. The molecule has 1 fully saturated rings. The summed E-state index contributed by atoms with van der Waals surface area (Å²) >= 11 is 0. The Bertz CT molecular complexity index is 502. The second-order valence-corrected chi connectivity index (χ2v) is 4.26. The Morgan fingerprint density at radius 3 is 3.06 bits per heavy atom. The molecule has 1 aromatic heterocycles. The zero-order valence-electron chi connectivity index (χ0n) is 10.1. The molecule has 1 aromatic rings. The number of hydrogen-bond donors (Lipinski definition) is 0. The Kier molecular flexibility index (Phi) is 2.81. The van der Waals surface area contributed by atoms with Gasteiger partial charge in [0.05, 0.1) is 6.61 Å². The maximum Gasteiger partial charge on any atom is 0.302 e. The van der Waals surface area contributed by atoms with Crippen molar-refractivity contribution < 1.29 is 18.9 Å². The fourth-order valence-electron chi connectivity index (χ4n) is 2.44. The van der Waals surface area contributed by atoms with Crippen LogP contribution in [0, 0.1) is 0 Å². The third-order valence-electron chi connectivity index (χ3n) is 3.21. The molecule has 2 aliphatic heterocycles. The normalized spacial score (nSPS) is 33.0. The molecule has 0 N–H and O–H groups in total. The Morgan fingerprint density at radius 1 is 1.50 bits per heavy atom. The van der Waals surface area contributed by atoms with Crippen LogP contribution in [0.5, 0.6) is 6.01 Å². The van der Waals surface area contributed by atoms with E-state index in [-0.39, 0.29) is 36.1 Å². The van der Waals surface area contributed by atoms with Crippen molar-refractivity contribution in [2.45, 2.75) is 24.5 Å². The van der Waals surface area contributed by atoms with Crippen LogP contribution in [0.25, 0.3) is 0 Å². The lowest BCUT2D eigenvalue weighted by atomic mass is 10.1. The van der Waals surface area contributed by atoms with E-state index >= 15 is 0 Å². The van der Waals surface area contributed by atoms with Gasteiger partial charge in [-0.2, -0.15) is 4.98 Å². The fourth-order valence-corrected chi connectivity index (χ4v) is 2.44. The molecule has 0 aromatic carbocycles. The van der Waals surface area contributed by atoms with Gasteiger partial charge in [0, 0.05) is 26.5 Å². The van der Waals surface area contributed by atoms with E-state index in [0.29, 0.717) is 6.61 Å². The van der Waals surface area contributed by atoms with Crippen molar-refractivity contribution in [2.24, 2.45) is 0 Å². The number of rotatable bonds is 3. The lowest BCUT2D eigenvalue weighted by molar-refractivity contribution is -0.0614. The third-order valence-corrected chi connectivity index (χ3v) is 3.21. The largest absolute Gasteiger partial charge is 0.453 e. The summed E-state index contributed by atoms with van der Waals surface area (Å²) in [6.45, 7) is 0.428. The van der Waals surface area contributed by atoms with Crippen LogP contribution in [-0.4, -0.2) is 48.7 Å². The molecule has 2 unspecified atom stereocenters. The molecule has 18 heavy (non-hydrogen) atoms. The van der Waals surface area contributed by atoms with Crippen LogP contribution in [-0.2, 0) is 14.2 Å². The Labute approximate surface area is 103 Å². The van der Waals surface area contributed by atoms with Crippen LogP contribution in [0.1, 0.15) is 6.23 Å². The standard InChI is InChI=1S/C11H14N2O5/c1-15-5-6-8(16-2)9-10(17-6)13-4-3-7(14)12-11(13)18-9/h3-4,6,8-10H,5H2,1-2H3/t6-,8?,9?,10-/m1/s1. The minimum Gasteiger partial charge on any atom is -0.453 e. The van der Waals surface area contributed by atoms with E-state index in [1.54, 1.807) is 25.0 Å². The molecule has 0 radical (unpaired) electrons. The maximum atomic E-state index is 11.2. The second-order valence-electron chi connectivity index (χ2n) is 4.26. The van der Waals surface area contributed by atoms with Gasteiger partial charge in [-0.3, -0.25) is 9.36 Å². The fraction of sp³-hybridized carbons (Fsp3) is 0.636. The Balaban J connectivity index is 1.91. The summed E-state index contributed by atoms with van der Waals surface area (Å²) in [6, 6.07) is 1.65. The van der Waals surface area contributed by atoms with Crippen LogP contribution < -0.4 is 10.3 Å². The van der Waals surface area contributed by atoms with Crippen molar-refractivity contribution in [1.29, 1.82) is 0 Å². The average molecular weight is 254 g/mol. The number of methoxy groups -OCH3 is 2. The highest BCUT2D eigenvalue weighted by Crippen LogP contribution is 2.39. The lowest BCUT2D eigenvalue weighted by Gasteiger charge is -2.19. The van der Waals surface area contributed by atoms with E-state index in [2.05, 4.69) is 4.98 Å². The highest BCUT2D eigenvalue weighted by Gasteiger charge is 2.52. The predicted octanol–water partition coefficient (Wildman–Crippen LogP) is -0.437. The number of ether oxygens (including phenoxy) is 4. The molecule has 0 bridgehead atoms. The van der Waals surface area contributed by atoms with Gasteiger partial charge in [0.25, 0.3) is 5.56 Å². The molecule has 0 spiro atoms. The van der Waals surface area contributed by atoms with E-state index in [1.165, 1.54) is 6.07 Å². The molecule has 0 saturated carbocycles. The lowest BCUT2D eigenvalue weighted by Crippen LogP contribution is -2.37. The topological polar surface area (TPSA) is 71.8 Å². The molecule has 2 aliphatic rings. The van der Waals surface area contributed by atoms with Crippen LogP contribution in [0.15, 0.2) is 17.1 Å². The van der Waals surface area contributed by atoms with E-state index < -0.39 is 0 Å². The van der Waals surface area contributed by atoms with Crippen molar-refractivity contribution in [3.8, 4) is 6.01 Å². The van der Waals surface area contributed by atoms with Crippen LogP contribution in [0.2, 0.25) is 0 Å². The smallest absolute Gasteiger partial charge is 0.302 e. The van der Waals surface area contributed by atoms with Crippen molar-refractivity contribution in [3.63, 3.8) is 0 Å². The van der Waals surface area contributed by atoms with Crippen molar-refractivity contribution in [3.05, 3.63) is 22.6 Å². The zero-order valence-corrected chi connectivity index (χ0v) is 10.1. The zero-order chi connectivity index (χ0) is 12.7. The summed E-state index contributed by atoms with van der Waals surface area (Å²) < 4.78 is 23.7. The van der Waals surface area contributed by atoms with Gasteiger partial charge in [-0.25, -0.2) is 0 Å². The van der Waals surface area contributed by atoms with E-state index in [0.717, 1.165) is 0 Å². The quantitative estimate of drug-likeness (QED) is 0.728. The molecule has 0 aliphatic carbocycles. The van der Waals surface area contributed by atoms with Crippen molar-refractivity contribution >= 4 is 0 Å². The van der Waals surface area contributed by atoms with Gasteiger partial charge in [0.15, 0.2) is 12.3 Å². The molecular weight excluding hydrogens is 240 g/mol. The third kappa shape index (κ3) is 1.63. The molecule has 0 amide bonds. The second kappa shape index (κ2) is 4.34. The van der Waals surface area contributed by atoms with Gasteiger partial charge in [0.2, 0.25) is 0 Å². The SMILES string of the molecule is COC[C@H]1O[C@@H]2C(Oc3nc(=O)ccn32)C1OC. The number of fused-ring (bicyclic) bond motifs is 3. The van der Waals surface area contributed by atoms with Crippen molar-refractivity contribution in [2.75, 3.05) is 20.8 Å². The van der Waals surface area contributed by atoms with Crippen LogP contribution >= 0.6 is 0 Å². The van der Waals surface area contributed by atoms with Gasteiger partial charge in [-0.1, -0.05) is 0 Å². The summed E-state index contributed by atoms with van der Waals surface area (Å²) in [6.07, 6.45) is 0.564. The monoisotopic (exact) mass is 254 g/mol. The average Bonchev–Trinajstić information content (AvgIpc) is 2.84. The molecule has 3 rings (SSSR count). The number of nitrogens with zero attached hydrogens (tertiary/aromatic N) is 2. The molecule has 98 valence electrons. The molecule has 7 heteroatoms. The first kappa shape index (κ1) is 11.6. The van der Waals surface area contributed by atoms with E-state index in [1.807, 2.05) is 0 Å². The van der Waals surface area contributed by atoms with E-state index in [4.69, 9.17) is 18.9 Å². The first-order valence-corrected chi connectivity index (χ1v) is 5.67. The Hall–Kier alpha value is -1.44. The van der Waals surface area contributed by atoms with Gasteiger partial charge in [-0.05, 0) is 0 Å². The minimum absolute atomic E-state index is 0.192. The van der Waals surface area contributed by atoms with Gasteiger partial charge < -0.3 is 18.9 Å². The van der Waals surface area contributed by atoms with Crippen LogP contribution in [0.3, 0.4) is 0 Å². The highest BCUT2D eigenvalue weighted by atomic mass is 16.6. The van der Waals surface area contributed by atoms with Gasteiger partial charge in [0.1, 0.15) is 12.2 Å². The summed E-state index contributed by atoms with van der Waals surface area (Å²) in [5.74, 6) is 0. The first-order valence-electron chi connectivity index (χ1n) is 5.67. The maximum absolute atomic E-state index is 11.2. The highest BCUT2D eigenvalue weighted by molar-refractivity contribution is 5.11. The van der Waals surface area contributed by atoms with Crippen molar-refractivity contribution in [1.82, 2.24) is 9.55 Å². The number of hydrogen-bond acceptors (Lipinski definition) is 6. The van der Waals surface area contributed by atoms with Gasteiger partial charge >= 0.3 is 6.01 Å².